The predicted octanol–water partition coefficient (Wildman–Crippen LogP) is 4.32. The predicted molar refractivity (Wildman–Crippen MR) is 91.9 cm³/mol. The van der Waals surface area contributed by atoms with E-state index in [1.54, 1.807) is 24.3 Å². The van der Waals surface area contributed by atoms with Crippen molar-refractivity contribution < 1.29 is 14.3 Å². The topological polar surface area (TPSA) is 68.3 Å². The normalized spacial score (nSPS) is 10.2. The summed E-state index contributed by atoms with van der Waals surface area (Å²) in [5.41, 5.74) is 0.988. The van der Waals surface area contributed by atoms with Gasteiger partial charge < -0.3 is 10.1 Å². The molecule has 0 spiro atoms. The third-order valence-corrected chi connectivity index (χ3v) is 3.59. The third-order valence-electron chi connectivity index (χ3n) is 2.88. The number of aromatic nitrogens is 1. The molecule has 1 aromatic carbocycles. The zero-order valence-electron chi connectivity index (χ0n) is 12.3. The van der Waals surface area contributed by atoms with Crippen LogP contribution in [-0.4, -0.2) is 23.5 Å². The second kappa shape index (κ2) is 8.08. The van der Waals surface area contributed by atoms with Crippen LogP contribution in [0.2, 0.25) is 5.15 Å². The summed E-state index contributed by atoms with van der Waals surface area (Å²) in [5.74, 6) is -0.876. The molecular formula is C16H14BrClN2O3. The molecule has 7 heteroatoms. The van der Waals surface area contributed by atoms with Crippen LogP contribution < -0.4 is 5.32 Å². The summed E-state index contributed by atoms with van der Waals surface area (Å²) in [5, 5.41) is 2.99. The Balaban J connectivity index is 2.23. The first-order chi connectivity index (χ1) is 11.0. The van der Waals surface area contributed by atoms with Gasteiger partial charge in [0.05, 0.1) is 23.4 Å². The molecule has 0 aliphatic carbocycles. The van der Waals surface area contributed by atoms with Crippen molar-refractivity contribution in [2.75, 3.05) is 11.9 Å². The van der Waals surface area contributed by atoms with E-state index in [9.17, 15) is 9.59 Å². The number of anilines is 1. The highest BCUT2D eigenvalue weighted by molar-refractivity contribution is 9.10. The highest BCUT2D eigenvalue weighted by Gasteiger charge is 2.16. The highest BCUT2D eigenvalue weighted by atomic mass is 79.9. The van der Waals surface area contributed by atoms with Gasteiger partial charge in [-0.1, -0.05) is 34.5 Å². The molecule has 1 N–H and O–H groups in total. The first-order valence-electron chi connectivity index (χ1n) is 6.91. The van der Waals surface area contributed by atoms with Crippen molar-refractivity contribution in [2.24, 2.45) is 0 Å². The second-order valence-electron chi connectivity index (χ2n) is 4.65. The van der Waals surface area contributed by atoms with Gasteiger partial charge in [0.1, 0.15) is 5.15 Å². The van der Waals surface area contributed by atoms with E-state index >= 15 is 0 Å². The van der Waals surface area contributed by atoms with Crippen LogP contribution in [0, 0.1) is 0 Å². The molecule has 1 amide bonds. The molecule has 0 radical (unpaired) electrons. The van der Waals surface area contributed by atoms with Crippen molar-refractivity contribution in [1.29, 1.82) is 0 Å². The number of benzene rings is 1. The monoisotopic (exact) mass is 396 g/mol. The third kappa shape index (κ3) is 4.77. The van der Waals surface area contributed by atoms with Crippen LogP contribution in [0.5, 0.6) is 0 Å². The molecule has 0 saturated heterocycles. The number of pyridine rings is 1. The van der Waals surface area contributed by atoms with E-state index in [0.29, 0.717) is 27.5 Å². The Hall–Kier alpha value is -1.92. The van der Waals surface area contributed by atoms with Crippen LogP contribution in [-0.2, 0) is 4.74 Å². The highest BCUT2D eigenvalue weighted by Crippen LogP contribution is 2.23. The Bertz CT molecular complexity index is 720. The van der Waals surface area contributed by atoms with Gasteiger partial charge in [-0.05, 0) is 36.8 Å². The van der Waals surface area contributed by atoms with E-state index in [1.807, 2.05) is 6.92 Å². The molecule has 0 bridgehead atoms. The van der Waals surface area contributed by atoms with Gasteiger partial charge in [-0.2, -0.15) is 0 Å². The fraction of sp³-hybridized carbons (Fsp3) is 0.188. The molecule has 5 nitrogen and oxygen atoms in total. The summed E-state index contributed by atoms with van der Waals surface area (Å²) in [7, 11) is 0. The molecule has 120 valence electrons. The summed E-state index contributed by atoms with van der Waals surface area (Å²) < 4.78 is 5.85. The molecule has 0 aliphatic heterocycles. The van der Waals surface area contributed by atoms with Gasteiger partial charge >= 0.3 is 5.97 Å². The van der Waals surface area contributed by atoms with Crippen molar-refractivity contribution in [1.82, 2.24) is 4.98 Å². The van der Waals surface area contributed by atoms with Crippen molar-refractivity contribution in [3.63, 3.8) is 0 Å². The number of hydrogen-bond donors (Lipinski definition) is 1. The number of carbonyl (C=O) groups is 2. The molecule has 1 aromatic heterocycles. The number of carbonyl (C=O) groups excluding carboxylic acids is 2. The van der Waals surface area contributed by atoms with Gasteiger partial charge in [-0.3, -0.25) is 4.79 Å². The van der Waals surface area contributed by atoms with Crippen molar-refractivity contribution in [2.45, 2.75) is 13.3 Å². The van der Waals surface area contributed by atoms with Crippen LogP contribution >= 0.6 is 27.5 Å². The van der Waals surface area contributed by atoms with E-state index in [0.717, 1.165) is 6.42 Å². The minimum absolute atomic E-state index is 0.281. The van der Waals surface area contributed by atoms with E-state index < -0.39 is 5.97 Å². The van der Waals surface area contributed by atoms with Gasteiger partial charge in [0.25, 0.3) is 5.91 Å². The fourth-order valence-corrected chi connectivity index (χ4v) is 2.24. The maximum absolute atomic E-state index is 12.2. The zero-order valence-corrected chi connectivity index (χ0v) is 14.6. The lowest BCUT2D eigenvalue weighted by molar-refractivity contribution is 0.0506. The van der Waals surface area contributed by atoms with E-state index in [4.69, 9.17) is 16.3 Å². The Morgan fingerprint density at radius 1 is 1.30 bits per heavy atom. The van der Waals surface area contributed by atoms with Gasteiger partial charge in [-0.25, -0.2) is 9.78 Å². The number of nitrogens with one attached hydrogen (secondary N) is 1. The molecule has 0 unspecified atom stereocenters. The first-order valence-corrected chi connectivity index (χ1v) is 8.08. The largest absolute Gasteiger partial charge is 0.462 e. The number of esters is 1. The van der Waals surface area contributed by atoms with Crippen molar-refractivity contribution in [3.05, 3.63) is 57.3 Å². The number of nitrogens with zero attached hydrogens (tertiary/aromatic N) is 1. The summed E-state index contributed by atoms with van der Waals surface area (Å²) >= 11 is 9.01. The van der Waals surface area contributed by atoms with Gasteiger partial charge in [-0.15, -0.1) is 0 Å². The number of halogens is 2. The maximum Gasteiger partial charge on any atom is 0.340 e. The summed E-state index contributed by atoms with van der Waals surface area (Å²) in [6.07, 6.45) is 2.09. The summed E-state index contributed by atoms with van der Waals surface area (Å²) in [6, 6.07) is 8.04. The van der Waals surface area contributed by atoms with Crippen LogP contribution in [0.3, 0.4) is 0 Å². The molecule has 2 aromatic rings. The van der Waals surface area contributed by atoms with E-state index in [2.05, 4.69) is 26.2 Å². The molecule has 0 atom stereocenters. The zero-order chi connectivity index (χ0) is 16.8. The van der Waals surface area contributed by atoms with Crippen LogP contribution in [0.15, 0.2) is 41.0 Å². The molecule has 1 heterocycles. The Kier molecular flexibility index (Phi) is 6.12. The number of rotatable bonds is 5. The SMILES string of the molecule is CCCOC(=O)c1cc(Br)ccc1NC(=O)c1ccc(Cl)nc1. The minimum atomic E-state index is -0.488. The van der Waals surface area contributed by atoms with Gasteiger partial charge in [0, 0.05) is 10.7 Å². The van der Waals surface area contributed by atoms with E-state index in [1.165, 1.54) is 12.3 Å². The van der Waals surface area contributed by atoms with Crippen LogP contribution in [0.25, 0.3) is 0 Å². The number of amides is 1. The lowest BCUT2D eigenvalue weighted by Gasteiger charge is -2.11. The smallest absolute Gasteiger partial charge is 0.340 e. The van der Waals surface area contributed by atoms with Crippen molar-refractivity contribution in [3.8, 4) is 0 Å². The second-order valence-corrected chi connectivity index (χ2v) is 5.95. The quantitative estimate of drug-likeness (QED) is 0.603. The Morgan fingerprint density at radius 3 is 2.74 bits per heavy atom. The van der Waals surface area contributed by atoms with Gasteiger partial charge in [0.2, 0.25) is 0 Å². The van der Waals surface area contributed by atoms with E-state index in [-0.39, 0.29) is 11.5 Å². The molecule has 0 aliphatic rings. The van der Waals surface area contributed by atoms with Gasteiger partial charge in [0.15, 0.2) is 0 Å². The lowest BCUT2D eigenvalue weighted by atomic mass is 10.1. The fourth-order valence-electron chi connectivity index (χ4n) is 1.77. The van der Waals surface area contributed by atoms with Crippen LogP contribution in [0.1, 0.15) is 34.1 Å². The maximum atomic E-state index is 12.2. The minimum Gasteiger partial charge on any atom is -0.462 e. The molecule has 0 fully saturated rings. The Labute approximate surface area is 147 Å². The molecular weight excluding hydrogens is 384 g/mol. The summed E-state index contributed by atoms with van der Waals surface area (Å²) in [6.45, 7) is 2.23. The average Bonchev–Trinajstić information content (AvgIpc) is 2.54. The summed E-state index contributed by atoms with van der Waals surface area (Å²) in [4.78, 5) is 28.2. The standard InChI is InChI=1S/C16H14BrClN2O3/c1-2-7-23-16(22)12-8-11(17)4-5-13(12)20-15(21)10-3-6-14(18)19-9-10/h3-6,8-9H,2,7H2,1H3,(H,20,21). The molecule has 23 heavy (non-hydrogen) atoms. The lowest BCUT2D eigenvalue weighted by Crippen LogP contribution is -2.16. The Morgan fingerprint density at radius 2 is 2.09 bits per heavy atom. The number of hydrogen-bond acceptors (Lipinski definition) is 4. The average molecular weight is 398 g/mol. The van der Waals surface area contributed by atoms with Crippen LogP contribution in [0.4, 0.5) is 5.69 Å². The molecule has 2 rings (SSSR count). The van der Waals surface area contributed by atoms with Crippen molar-refractivity contribution >= 4 is 45.1 Å². The first kappa shape index (κ1) is 17.4. The molecule has 0 saturated carbocycles. The number of ether oxygens (including phenoxy) is 1.